The first kappa shape index (κ1) is 32.7. The summed E-state index contributed by atoms with van der Waals surface area (Å²) in [7, 11) is -1.26. The molecule has 4 aliphatic rings. The number of carbonyl (C=O) groups excluding carboxylic acids is 2. The molecule has 4 aliphatic heterocycles. The van der Waals surface area contributed by atoms with Crippen molar-refractivity contribution in [3.63, 3.8) is 0 Å². The van der Waals surface area contributed by atoms with Gasteiger partial charge in [-0.3, -0.25) is 9.59 Å². The number of likely N-dealkylation sites (N-methyl/N-ethyl adjacent to an activating group) is 2. The summed E-state index contributed by atoms with van der Waals surface area (Å²) in [5.41, 5.74) is 3.75. The van der Waals surface area contributed by atoms with Crippen LogP contribution in [0.5, 0.6) is 0 Å². The molecule has 0 spiro atoms. The third-order valence-electron chi connectivity index (χ3n) is 8.93. The third kappa shape index (κ3) is 4.99. The van der Waals surface area contributed by atoms with Gasteiger partial charge in [-0.05, 0) is 59.4 Å². The zero-order valence-electron chi connectivity index (χ0n) is 26.7. The number of nitrogens with zero attached hydrogens (tertiary/aromatic N) is 4. The highest BCUT2D eigenvalue weighted by molar-refractivity contribution is 8.83. The maximum absolute atomic E-state index is 13.3. The van der Waals surface area contributed by atoms with Gasteiger partial charge < -0.3 is 0 Å². The molecule has 0 saturated heterocycles. The Morgan fingerprint density at radius 1 is 0.674 bits per heavy atom. The van der Waals surface area contributed by atoms with Crippen molar-refractivity contribution in [3.8, 4) is 0 Å². The summed E-state index contributed by atoms with van der Waals surface area (Å²) in [6, 6.07) is 6.70. The van der Waals surface area contributed by atoms with Gasteiger partial charge >= 0.3 is 0 Å². The number of benzene rings is 2. The van der Waals surface area contributed by atoms with Crippen LogP contribution in [0.1, 0.15) is 61.1 Å². The van der Waals surface area contributed by atoms with Gasteiger partial charge in [0.25, 0.3) is 11.8 Å². The van der Waals surface area contributed by atoms with E-state index in [9.17, 15) is 26.4 Å². The van der Waals surface area contributed by atoms with Crippen LogP contribution in [-0.4, -0.2) is 76.7 Å². The summed E-state index contributed by atoms with van der Waals surface area (Å²) in [5, 5.41) is 10.9. The van der Waals surface area contributed by atoms with Crippen molar-refractivity contribution in [2.75, 3.05) is 25.6 Å². The lowest BCUT2D eigenvalue weighted by Crippen LogP contribution is -2.20. The average molecular weight is 699 g/mol. The molecule has 2 aromatic carbocycles. The Labute approximate surface area is 277 Å². The van der Waals surface area contributed by atoms with Crippen LogP contribution in [0.25, 0.3) is 9.81 Å². The normalized spacial score (nSPS) is 23.7. The first-order valence-electron chi connectivity index (χ1n) is 14.5. The molecule has 46 heavy (non-hydrogen) atoms. The fraction of sp³-hybridized carbons (Fsp3) is 0.375. The maximum Gasteiger partial charge on any atom is 0.276 e. The number of hydrazone groups is 2. The number of hydrogen-bond donors (Lipinski definition) is 0. The Morgan fingerprint density at radius 3 is 1.33 bits per heavy atom. The minimum atomic E-state index is -3.47. The van der Waals surface area contributed by atoms with Crippen LogP contribution in [0.3, 0.4) is 0 Å². The number of hydrogen-bond acceptors (Lipinski definition) is 10. The minimum Gasteiger partial charge on any atom is -0.267 e. The predicted octanol–water partition coefficient (Wildman–Crippen LogP) is 4.85. The van der Waals surface area contributed by atoms with Crippen LogP contribution in [0, 0.1) is 13.8 Å². The number of carbonyl (C=O) groups is 2. The SMILES string of the molecule is Cc1c(/C(SS/C(=C2/C=NN(C)C2=O)c2ccc3c(c2C)C(C)(C)CS3(=O)=O)=C2\C=NN(C)C2=O)ccc2c1C(C)(C)CS2(=O)=O. The Morgan fingerprint density at radius 2 is 1.02 bits per heavy atom. The smallest absolute Gasteiger partial charge is 0.267 e. The molecule has 0 fully saturated rings. The highest BCUT2D eigenvalue weighted by Gasteiger charge is 2.44. The topological polar surface area (TPSA) is 134 Å². The van der Waals surface area contributed by atoms with E-state index in [4.69, 9.17) is 0 Å². The van der Waals surface area contributed by atoms with Gasteiger partial charge in [-0.1, -0.05) is 61.4 Å². The van der Waals surface area contributed by atoms with Crippen LogP contribution in [0.15, 0.2) is 55.4 Å². The molecule has 0 aromatic heterocycles. The molecule has 4 heterocycles. The van der Waals surface area contributed by atoms with E-state index >= 15 is 0 Å². The van der Waals surface area contributed by atoms with E-state index in [2.05, 4.69) is 10.2 Å². The van der Waals surface area contributed by atoms with E-state index in [0.717, 1.165) is 22.3 Å². The van der Waals surface area contributed by atoms with Gasteiger partial charge in [-0.15, -0.1) is 0 Å². The van der Waals surface area contributed by atoms with Crippen LogP contribution < -0.4 is 0 Å². The molecule has 0 saturated carbocycles. The van der Waals surface area contributed by atoms with E-state index in [1.54, 1.807) is 38.4 Å². The number of sulfone groups is 2. The molecule has 0 aliphatic carbocycles. The van der Waals surface area contributed by atoms with E-state index < -0.39 is 30.5 Å². The van der Waals surface area contributed by atoms with Gasteiger partial charge in [0.2, 0.25) is 0 Å². The van der Waals surface area contributed by atoms with Gasteiger partial charge in [-0.25, -0.2) is 26.9 Å². The fourth-order valence-electron chi connectivity index (χ4n) is 7.03. The summed E-state index contributed by atoms with van der Waals surface area (Å²) in [4.78, 5) is 28.4. The predicted molar refractivity (Wildman–Crippen MR) is 184 cm³/mol. The van der Waals surface area contributed by atoms with Gasteiger partial charge in [-0.2, -0.15) is 10.2 Å². The minimum absolute atomic E-state index is 0.00850. The molecule has 2 amide bonds. The molecular formula is C32H34N4O6S4. The van der Waals surface area contributed by atoms with E-state index in [0.29, 0.717) is 41.9 Å². The number of amides is 2. The molecule has 2 aromatic rings. The molecule has 0 N–H and O–H groups in total. The zero-order valence-corrected chi connectivity index (χ0v) is 30.0. The summed E-state index contributed by atoms with van der Waals surface area (Å²) < 4.78 is 52.1. The molecule has 0 atom stereocenters. The number of fused-ring (bicyclic) bond motifs is 2. The lowest BCUT2D eigenvalue weighted by atomic mass is 9.82. The Hall–Kier alpha value is -3.20. The van der Waals surface area contributed by atoms with E-state index in [-0.39, 0.29) is 23.3 Å². The van der Waals surface area contributed by atoms with Gasteiger partial charge in [0.15, 0.2) is 19.7 Å². The zero-order chi connectivity index (χ0) is 33.7. The number of rotatable bonds is 5. The summed E-state index contributed by atoms with van der Waals surface area (Å²) in [5.74, 6) is -0.650. The molecule has 0 radical (unpaired) electrons. The second kappa shape index (κ2) is 10.7. The van der Waals surface area contributed by atoms with Crippen molar-refractivity contribution in [2.24, 2.45) is 10.2 Å². The first-order chi connectivity index (χ1) is 21.3. The second-order valence-electron chi connectivity index (χ2n) is 13.3. The quantitative estimate of drug-likeness (QED) is 0.320. The molecular weight excluding hydrogens is 665 g/mol. The fourth-order valence-corrected chi connectivity index (χ4v) is 14.4. The molecule has 0 bridgehead atoms. The Kier molecular flexibility index (Phi) is 7.58. The molecule has 6 rings (SSSR count). The summed E-state index contributed by atoms with van der Waals surface area (Å²) in [6.45, 7) is 11.4. The standard InChI is InChI=1S/C32H34N4O6S4/c1-17-19(9-11-23-25(17)31(3,4)15-45(23,39)40)27(21-13-33-35(7)29(21)37)43-44-28(22-14-34-36(8)30(22)38)20-10-12-24-26(18(20)2)32(5,6)16-46(24,41)42/h9-14H,15-16H2,1-8H3/b27-21-,28-22-. The van der Waals surface area contributed by atoms with Gasteiger partial charge in [0.1, 0.15) is 0 Å². The summed E-state index contributed by atoms with van der Waals surface area (Å²) in [6.07, 6.45) is 2.99. The van der Waals surface area contributed by atoms with Gasteiger partial charge in [0, 0.05) is 34.7 Å². The van der Waals surface area contributed by atoms with E-state index in [1.807, 2.05) is 41.5 Å². The van der Waals surface area contributed by atoms with Crippen LogP contribution in [0.2, 0.25) is 0 Å². The highest BCUT2D eigenvalue weighted by atomic mass is 33.1. The maximum atomic E-state index is 13.3. The van der Waals surface area contributed by atoms with Crippen molar-refractivity contribution >= 4 is 75.3 Å². The second-order valence-corrected chi connectivity index (χ2v) is 19.4. The van der Waals surface area contributed by atoms with Crippen molar-refractivity contribution in [1.82, 2.24) is 10.0 Å². The highest BCUT2D eigenvalue weighted by Crippen LogP contribution is 2.53. The van der Waals surface area contributed by atoms with Crippen molar-refractivity contribution in [2.45, 2.75) is 62.2 Å². The van der Waals surface area contributed by atoms with Crippen molar-refractivity contribution < 1.29 is 26.4 Å². The molecule has 242 valence electrons. The summed E-state index contributed by atoms with van der Waals surface area (Å²) >= 11 is 0. The third-order valence-corrected chi connectivity index (χ3v) is 15.7. The van der Waals surface area contributed by atoms with Crippen LogP contribution in [0.4, 0.5) is 0 Å². The largest absolute Gasteiger partial charge is 0.276 e. The van der Waals surface area contributed by atoms with Crippen molar-refractivity contribution in [3.05, 3.63) is 68.8 Å². The lowest BCUT2D eigenvalue weighted by molar-refractivity contribution is -0.125. The van der Waals surface area contributed by atoms with Crippen LogP contribution in [-0.2, 0) is 40.1 Å². The average Bonchev–Trinajstić information content (AvgIpc) is 3.57. The lowest BCUT2D eigenvalue weighted by Gasteiger charge is -2.23. The monoisotopic (exact) mass is 698 g/mol. The molecule has 0 unspecified atom stereocenters. The van der Waals surface area contributed by atoms with E-state index in [1.165, 1.54) is 44.0 Å². The van der Waals surface area contributed by atoms with Gasteiger partial charge in [0.05, 0.1) is 44.9 Å². The first-order valence-corrected chi connectivity index (χ1v) is 20.0. The van der Waals surface area contributed by atoms with Crippen molar-refractivity contribution in [1.29, 1.82) is 0 Å². The Balaban J connectivity index is 1.53. The molecule has 14 heteroatoms. The molecule has 10 nitrogen and oxygen atoms in total. The Bertz CT molecular complexity index is 1970. The van der Waals surface area contributed by atoms with Crippen LogP contribution >= 0.6 is 21.6 Å².